The first-order chi connectivity index (χ1) is 14.1. The van der Waals surface area contributed by atoms with Crippen LogP contribution in [0.4, 0.5) is 0 Å². The summed E-state index contributed by atoms with van der Waals surface area (Å²) in [6.07, 6.45) is 7.26. The molecule has 0 N–H and O–H groups in total. The number of hydrogen-bond donors (Lipinski definition) is 0. The van der Waals surface area contributed by atoms with Crippen molar-refractivity contribution in [2.75, 3.05) is 6.61 Å². The van der Waals surface area contributed by atoms with E-state index in [1.807, 2.05) is 0 Å². The maximum Gasteiger partial charge on any atom is 0.308 e. The first-order valence-electron chi connectivity index (χ1n) is 11.6. The first-order valence-corrected chi connectivity index (χ1v) is 11.6. The molecule has 0 unspecified atom stereocenters. The molecule has 3 fully saturated rings. The summed E-state index contributed by atoms with van der Waals surface area (Å²) in [5.74, 6) is 0.564. The van der Waals surface area contributed by atoms with Crippen LogP contribution in [-0.2, 0) is 23.9 Å². The first kappa shape index (κ1) is 21.5. The van der Waals surface area contributed by atoms with Gasteiger partial charge in [-0.3, -0.25) is 19.2 Å². The molecular weight excluding hydrogens is 380 g/mol. The van der Waals surface area contributed by atoms with Crippen LogP contribution in [0.25, 0.3) is 0 Å². The number of ether oxygens (including phenoxy) is 1. The number of Topliss-reactive ketones (excluding diaryl/α,β-unsaturated/α-hetero) is 2. The molecule has 164 valence electrons. The maximum atomic E-state index is 13.0. The third-order valence-corrected chi connectivity index (χ3v) is 9.06. The predicted octanol–water partition coefficient (Wildman–Crippen LogP) is 4.08. The summed E-state index contributed by atoms with van der Waals surface area (Å²) in [6, 6.07) is 0. The second-order valence-electron chi connectivity index (χ2n) is 10.8. The van der Waals surface area contributed by atoms with E-state index < -0.39 is 5.41 Å². The van der Waals surface area contributed by atoms with Crippen molar-refractivity contribution in [2.45, 2.75) is 72.6 Å². The molecule has 0 aliphatic heterocycles. The molecule has 5 heteroatoms. The fourth-order valence-electron chi connectivity index (χ4n) is 7.36. The number of rotatable bonds is 4. The van der Waals surface area contributed by atoms with E-state index in [1.165, 1.54) is 0 Å². The average Bonchev–Trinajstić information content (AvgIpc) is 3.04. The molecular formula is C25H34O5. The molecule has 0 aromatic heterocycles. The fraction of sp³-hybridized carbons (Fsp3) is 0.760. The standard InChI is InChI=1S/C25H34O5/c1-14(2)23(29)30-13-21(27)20-8-7-18-17-6-5-15-11-16(26)12-22(28)25(15,4)19(17)9-10-24(18,20)3/h11,14,17-20H,5-10,12-13H2,1-4H3/t17-,18-,19-,20+,24-,25-/m0/s1. The monoisotopic (exact) mass is 414 g/mol. The minimum absolute atomic E-state index is 0.0352. The average molecular weight is 415 g/mol. The molecule has 4 rings (SSSR count). The normalized spacial score (nSPS) is 40.4. The van der Waals surface area contributed by atoms with Crippen LogP contribution in [0.5, 0.6) is 0 Å². The van der Waals surface area contributed by atoms with Crippen LogP contribution in [0.1, 0.15) is 72.6 Å². The van der Waals surface area contributed by atoms with E-state index in [0.717, 1.165) is 44.1 Å². The molecule has 30 heavy (non-hydrogen) atoms. The number of allylic oxidation sites excluding steroid dienone is 1. The van der Waals surface area contributed by atoms with E-state index in [0.29, 0.717) is 11.8 Å². The summed E-state index contributed by atoms with van der Waals surface area (Å²) in [7, 11) is 0. The van der Waals surface area contributed by atoms with Gasteiger partial charge in [0.25, 0.3) is 0 Å². The Labute approximate surface area is 179 Å². The molecule has 0 aromatic rings. The van der Waals surface area contributed by atoms with Gasteiger partial charge in [0.1, 0.15) is 6.61 Å². The summed E-state index contributed by atoms with van der Waals surface area (Å²) in [4.78, 5) is 49.8. The lowest BCUT2D eigenvalue weighted by atomic mass is 9.46. The van der Waals surface area contributed by atoms with Crippen LogP contribution < -0.4 is 0 Å². The van der Waals surface area contributed by atoms with Gasteiger partial charge in [-0.15, -0.1) is 0 Å². The highest BCUT2D eigenvalue weighted by molar-refractivity contribution is 6.11. The zero-order valence-corrected chi connectivity index (χ0v) is 18.7. The van der Waals surface area contributed by atoms with Gasteiger partial charge in [0.15, 0.2) is 17.3 Å². The summed E-state index contributed by atoms with van der Waals surface area (Å²) in [5.41, 5.74) is 0.445. The fourth-order valence-corrected chi connectivity index (χ4v) is 7.36. The Hall–Kier alpha value is -1.78. The molecule has 5 nitrogen and oxygen atoms in total. The number of ketones is 3. The number of carbonyl (C=O) groups excluding carboxylic acids is 4. The second kappa shape index (κ2) is 7.42. The van der Waals surface area contributed by atoms with E-state index >= 15 is 0 Å². The summed E-state index contributed by atoms with van der Waals surface area (Å²) < 4.78 is 5.25. The molecule has 0 heterocycles. The largest absolute Gasteiger partial charge is 0.457 e. The minimum atomic E-state index is -0.507. The van der Waals surface area contributed by atoms with Crippen molar-refractivity contribution in [1.29, 1.82) is 0 Å². The van der Waals surface area contributed by atoms with Gasteiger partial charge in [-0.1, -0.05) is 26.3 Å². The number of carbonyl (C=O) groups is 4. The molecule has 0 amide bonds. The van der Waals surface area contributed by atoms with Crippen molar-refractivity contribution in [3.8, 4) is 0 Å². The van der Waals surface area contributed by atoms with E-state index in [2.05, 4.69) is 13.8 Å². The highest BCUT2D eigenvalue weighted by Crippen LogP contribution is 2.66. The third-order valence-electron chi connectivity index (χ3n) is 9.06. The maximum absolute atomic E-state index is 13.0. The van der Waals surface area contributed by atoms with E-state index in [1.54, 1.807) is 19.9 Å². The third kappa shape index (κ3) is 3.11. The highest BCUT2D eigenvalue weighted by atomic mass is 16.5. The van der Waals surface area contributed by atoms with Crippen LogP contribution in [0.15, 0.2) is 11.6 Å². The van der Waals surface area contributed by atoms with Gasteiger partial charge < -0.3 is 4.74 Å². The molecule has 4 aliphatic carbocycles. The predicted molar refractivity (Wildman–Crippen MR) is 111 cm³/mol. The van der Waals surface area contributed by atoms with Crippen molar-refractivity contribution in [1.82, 2.24) is 0 Å². The van der Waals surface area contributed by atoms with Gasteiger partial charge in [-0.25, -0.2) is 0 Å². The molecule has 0 saturated heterocycles. The van der Waals surface area contributed by atoms with Crippen LogP contribution >= 0.6 is 0 Å². The molecule has 0 spiro atoms. The molecule has 0 radical (unpaired) electrons. The summed E-state index contributed by atoms with van der Waals surface area (Å²) >= 11 is 0. The Bertz CT molecular complexity index is 823. The molecule has 0 aromatic carbocycles. The SMILES string of the molecule is CC(C)C(=O)OCC(=O)[C@H]1CC[C@H]2[C@@H]3CCC4=CC(=O)CC(=O)[C@]4(C)[C@H]3CC[C@]12C. The van der Waals surface area contributed by atoms with Crippen molar-refractivity contribution in [2.24, 2.45) is 40.4 Å². The highest BCUT2D eigenvalue weighted by Gasteiger charge is 2.61. The van der Waals surface area contributed by atoms with E-state index in [-0.39, 0.29) is 59.5 Å². The van der Waals surface area contributed by atoms with Crippen LogP contribution in [0.2, 0.25) is 0 Å². The molecule has 4 aliphatic rings. The molecule has 6 atom stereocenters. The Morgan fingerprint density at radius 1 is 1.10 bits per heavy atom. The zero-order valence-electron chi connectivity index (χ0n) is 18.7. The topological polar surface area (TPSA) is 77.5 Å². The van der Waals surface area contributed by atoms with Gasteiger partial charge in [0, 0.05) is 5.92 Å². The minimum Gasteiger partial charge on any atom is -0.457 e. The van der Waals surface area contributed by atoms with E-state index in [4.69, 9.17) is 4.74 Å². The number of hydrogen-bond acceptors (Lipinski definition) is 5. The Kier molecular flexibility index (Phi) is 5.31. The van der Waals surface area contributed by atoms with Crippen LogP contribution in [0, 0.1) is 40.4 Å². The second-order valence-corrected chi connectivity index (χ2v) is 10.8. The lowest BCUT2D eigenvalue weighted by Crippen LogP contribution is -2.54. The van der Waals surface area contributed by atoms with Crippen molar-refractivity contribution < 1.29 is 23.9 Å². The molecule has 0 bridgehead atoms. The zero-order chi connectivity index (χ0) is 21.8. The quantitative estimate of drug-likeness (QED) is 0.512. The smallest absolute Gasteiger partial charge is 0.308 e. The van der Waals surface area contributed by atoms with Gasteiger partial charge in [0.2, 0.25) is 0 Å². The van der Waals surface area contributed by atoms with E-state index in [9.17, 15) is 19.2 Å². The van der Waals surface area contributed by atoms with Crippen LogP contribution in [-0.4, -0.2) is 29.9 Å². The van der Waals surface area contributed by atoms with Crippen molar-refractivity contribution >= 4 is 23.3 Å². The van der Waals surface area contributed by atoms with Gasteiger partial charge in [-0.2, -0.15) is 0 Å². The summed E-state index contributed by atoms with van der Waals surface area (Å²) in [6.45, 7) is 7.73. The lowest BCUT2D eigenvalue weighted by Gasteiger charge is -2.57. The number of esters is 1. The van der Waals surface area contributed by atoms with Gasteiger partial charge >= 0.3 is 5.97 Å². The van der Waals surface area contributed by atoms with Gasteiger partial charge in [-0.05, 0) is 74.7 Å². The Morgan fingerprint density at radius 2 is 1.83 bits per heavy atom. The van der Waals surface area contributed by atoms with Crippen molar-refractivity contribution in [3.05, 3.63) is 11.6 Å². The van der Waals surface area contributed by atoms with Crippen molar-refractivity contribution in [3.63, 3.8) is 0 Å². The number of fused-ring (bicyclic) bond motifs is 5. The van der Waals surface area contributed by atoms with Crippen LogP contribution in [0.3, 0.4) is 0 Å². The lowest BCUT2D eigenvalue weighted by molar-refractivity contribution is -0.154. The van der Waals surface area contributed by atoms with Gasteiger partial charge in [0.05, 0.1) is 17.8 Å². The Morgan fingerprint density at radius 3 is 2.53 bits per heavy atom. The summed E-state index contributed by atoms with van der Waals surface area (Å²) in [5, 5.41) is 0. The Balaban J connectivity index is 1.54. The molecule has 3 saturated carbocycles.